The lowest BCUT2D eigenvalue weighted by Crippen LogP contribution is -2.40. The van der Waals surface area contributed by atoms with Crippen LogP contribution >= 0.6 is 23.2 Å². The third kappa shape index (κ3) is 15.7. The van der Waals surface area contributed by atoms with Crippen molar-refractivity contribution < 1.29 is 29.3 Å². The molecule has 0 saturated carbocycles. The van der Waals surface area contributed by atoms with E-state index in [2.05, 4.69) is 10.6 Å². The number of nitrogens with one attached hydrogen (secondary N) is 2. The number of rotatable bonds is 9. The molecule has 1 aromatic carbocycles. The van der Waals surface area contributed by atoms with Crippen LogP contribution in [0.3, 0.4) is 0 Å². The van der Waals surface area contributed by atoms with Gasteiger partial charge in [-0.1, -0.05) is 23.2 Å². The Morgan fingerprint density at radius 3 is 1.96 bits per heavy atom. The van der Waals surface area contributed by atoms with Gasteiger partial charge in [-0.15, -0.1) is 0 Å². The molecule has 156 valence electrons. The van der Waals surface area contributed by atoms with Crippen molar-refractivity contribution in [2.75, 3.05) is 40.3 Å². The second-order valence-electron chi connectivity index (χ2n) is 5.45. The van der Waals surface area contributed by atoms with E-state index in [1.54, 1.807) is 18.2 Å². The topological polar surface area (TPSA) is 128 Å². The molecule has 0 unspecified atom stereocenters. The van der Waals surface area contributed by atoms with E-state index in [4.69, 9.17) is 38.2 Å². The Morgan fingerprint density at radius 2 is 1.50 bits per heavy atom. The Labute approximate surface area is 172 Å². The largest absolute Gasteiger partial charge is 0.492 e. The summed E-state index contributed by atoms with van der Waals surface area (Å²) in [4.78, 5) is 32.5. The average Bonchev–Trinajstić information content (AvgIpc) is 2.56. The third-order valence-corrected chi connectivity index (χ3v) is 3.14. The van der Waals surface area contributed by atoms with Crippen molar-refractivity contribution >= 4 is 41.2 Å². The number of urea groups is 1. The number of amides is 2. The van der Waals surface area contributed by atoms with Crippen molar-refractivity contribution in [1.82, 2.24) is 15.5 Å². The molecule has 0 spiro atoms. The van der Waals surface area contributed by atoms with Gasteiger partial charge in [-0.2, -0.15) is 0 Å². The number of likely N-dealkylation sites (N-methyl/N-ethyl adjacent to an activating group) is 1. The van der Waals surface area contributed by atoms with Crippen LogP contribution in [-0.2, 0) is 9.59 Å². The number of carbonyl (C=O) groups is 3. The molecule has 0 radical (unpaired) electrons. The summed E-state index contributed by atoms with van der Waals surface area (Å²) in [6, 6.07) is 4.77. The Bertz CT molecular complexity index is 647. The fourth-order valence-corrected chi connectivity index (χ4v) is 2.05. The van der Waals surface area contributed by atoms with Crippen molar-refractivity contribution in [3.63, 3.8) is 0 Å². The molecule has 0 atom stereocenters. The second-order valence-corrected chi connectivity index (χ2v) is 6.32. The number of carbonyl (C=O) groups excluding carboxylic acids is 1. The van der Waals surface area contributed by atoms with E-state index < -0.39 is 11.9 Å². The van der Waals surface area contributed by atoms with E-state index in [9.17, 15) is 14.4 Å². The highest BCUT2D eigenvalue weighted by atomic mass is 35.5. The Balaban J connectivity index is 0.000000769. The van der Waals surface area contributed by atoms with E-state index in [-0.39, 0.29) is 6.03 Å². The molecule has 0 saturated heterocycles. The first-order valence-electron chi connectivity index (χ1n) is 7.99. The van der Waals surface area contributed by atoms with Crippen LogP contribution in [0.2, 0.25) is 10.0 Å². The van der Waals surface area contributed by atoms with Crippen LogP contribution in [0.4, 0.5) is 4.79 Å². The number of benzene rings is 1. The van der Waals surface area contributed by atoms with Crippen molar-refractivity contribution in [2.24, 2.45) is 0 Å². The molecule has 1 rings (SSSR count). The lowest BCUT2D eigenvalue weighted by molar-refractivity contribution is -0.134. The van der Waals surface area contributed by atoms with E-state index in [1.165, 1.54) is 0 Å². The van der Waals surface area contributed by atoms with Crippen LogP contribution in [0.5, 0.6) is 5.75 Å². The molecule has 0 bridgehead atoms. The van der Waals surface area contributed by atoms with Crippen molar-refractivity contribution in [3.05, 3.63) is 40.4 Å². The zero-order valence-corrected chi connectivity index (χ0v) is 17.0. The quantitative estimate of drug-likeness (QED) is 0.344. The highest BCUT2D eigenvalue weighted by molar-refractivity contribution is 6.34. The number of carboxylic acids is 2. The predicted octanol–water partition coefficient (Wildman–Crippen LogP) is 1.94. The summed E-state index contributed by atoms with van der Waals surface area (Å²) in [6.07, 6.45) is 1.12. The SMILES string of the molecule is CN(C)CCNC(=O)NCCOc1cc(Cl)cc(Cl)c1.O=C(O)/C=C/C(=O)O. The van der Waals surface area contributed by atoms with Crippen LogP contribution in [-0.4, -0.2) is 73.4 Å². The van der Waals surface area contributed by atoms with E-state index in [0.717, 1.165) is 6.54 Å². The summed E-state index contributed by atoms with van der Waals surface area (Å²) in [5.41, 5.74) is 0. The number of halogens is 2. The van der Waals surface area contributed by atoms with E-state index in [1.807, 2.05) is 19.0 Å². The van der Waals surface area contributed by atoms with Crippen molar-refractivity contribution in [1.29, 1.82) is 0 Å². The van der Waals surface area contributed by atoms with Crippen LogP contribution in [0, 0.1) is 0 Å². The molecular formula is C17H23Cl2N3O6. The Hall–Kier alpha value is -2.49. The monoisotopic (exact) mass is 435 g/mol. The molecule has 0 aliphatic carbocycles. The number of aliphatic carboxylic acids is 2. The van der Waals surface area contributed by atoms with Crippen molar-refractivity contribution in [3.8, 4) is 5.75 Å². The van der Waals surface area contributed by atoms with E-state index >= 15 is 0 Å². The van der Waals surface area contributed by atoms with Gasteiger partial charge in [0.1, 0.15) is 12.4 Å². The minimum atomic E-state index is -1.26. The number of hydrogen-bond acceptors (Lipinski definition) is 5. The maximum Gasteiger partial charge on any atom is 0.328 e. The molecule has 28 heavy (non-hydrogen) atoms. The molecule has 0 aliphatic heterocycles. The van der Waals surface area contributed by atoms with Crippen LogP contribution in [0.25, 0.3) is 0 Å². The molecular weight excluding hydrogens is 413 g/mol. The van der Waals surface area contributed by atoms with Crippen molar-refractivity contribution in [2.45, 2.75) is 0 Å². The standard InChI is InChI=1S/C13H19Cl2N3O2.C4H4O4/c1-18(2)5-3-16-13(19)17-4-6-20-12-8-10(14)7-11(15)9-12;5-3(6)1-2-4(7)8/h7-9H,3-6H2,1-2H3,(H2,16,17,19);1-2H,(H,5,6)(H,7,8)/b;2-1+. The molecule has 2 amide bonds. The van der Waals surface area contributed by atoms with Crippen LogP contribution in [0.15, 0.2) is 30.4 Å². The molecule has 0 aromatic heterocycles. The van der Waals surface area contributed by atoms with Gasteiger partial charge in [-0.05, 0) is 32.3 Å². The molecule has 9 nitrogen and oxygen atoms in total. The van der Waals surface area contributed by atoms with Gasteiger partial charge in [0, 0.05) is 35.3 Å². The Morgan fingerprint density at radius 1 is 1.00 bits per heavy atom. The van der Waals surface area contributed by atoms with Gasteiger partial charge in [-0.25, -0.2) is 14.4 Å². The highest BCUT2D eigenvalue weighted by Crippen LogP contribution is 2.23. The summed E-state index contributed by atoms with van der Waals surface area (Å²) in [5, 5.41) is 22.1. The smallest absolute Gasteiger partial charge is 0.328 e. The minimum absolute atomic E-state index is 0.209. The fraction of sp³-hybridized carbons (Fsp3) is 0.353. The van der Waals surface area contributed by atoms with Crippen LogP contribution < -0.4 is 15.4 Å². The van der Waals surface area contributed by atoms with Crippen LogP contribution in [0.1, 0.15) is 0 Å². The maximum atomic E-state index is 11.4. The molecule has 0 heterocycles. The van der Waals surface area contributed by atoms with E-state index in [0.29, 0.717) is 47.6 Å². The van der Waals surface area contributed by atoms with Gasteiger partial charge in [0.2, 0.25) is 0 Å². The number of hydrogen-bond donors (Lipinski definition) is 4. The minimum Gasteiger partial charge on any atom is -0.492 e. The summed E-state index contributed by atoms with van der Waals surface area (Å²) in [6.45, 7) is 2.14. The lowest BCUT2D eigenvalue weighted by Gasteiger charge is -2.12. The van der Waals surface area contributed by atoms with Gasteiger partial charge in [0.05, 0.1) is 6.54 Å². The Kier molecular flexibility index (Phi) is 13.3. The molecule has 11 heteroatoms. The zero-order chi connectivity index (χ0) is 21.5. The molecule has 4 N–H and O–H groups in total. The lowest BCUT2D eigenvalue weighted by atomic mass is 10.3. The molecule has 0 aliphatic rings. The first-order valence-corrected chi connectivity index (χ1v) is 8.75. The zero-order valence-electron chi connectivity index (χ0n) is 15.4. The summed E-state index contributed by atoms with van der Waals surface area (Å²) >= 11 is 11.7. The normalized spacial score (nSPS) is 10.2. The first-order chi connectivity index (χ1) is 13.1. The first kappa shape index (κ1) is 25.5. The average molecular weight is 436 g/mol. The molecule has 1 aromatic rings. The second kappa shape index (κ2) is 14.6. The highest BCUT2D eigenvalue weighted by Gasteiger charge is 2.01. The summed E-state index contributed by atoms with van der Waals surface area (Å²) in [7, 11) is 3.90. The van der Waals surface area contributed by atoms with Gasteiger partial charge in [0.15, 0.2) is 0 Å². The summed E-state index contributed by atoms with van der Waals surface area (Å²) in [5.74, 6) is -1.93. The molecule has 0 fully saturated rings. The number of ether oxygens (including phenoxy) is 1. The number of nitrogens with zero attached hydrogens (tertiary/aromatic N) is 1. The maximum absolute atomic E-state index is 11.4. The van der Waals surface area contributed by atoms with Gasteiger partial charge < -0.3 is 30.5 Å². The van der Waals surface area contributed by atoms with Gasteiger partial charge in [-0.3, -0.25) is 0 Å². The predicted molar refractivity (Wildman–Crippen MR) is 106 cm³/mol. The van der Waals surface area contributed by atoms with Gasteiger partial charge in [0.25, 0.3) is 0 Å². The fourth-order valence-electron chi connectivity index (χ4n) is 1.54. The van der Waals surface area contributed by atoms with Gasteiger partial charge >= 0.3 is 18.0 Å². The third-order valence-electron chi connectivity index (χ3n) is 2.71. The summed E-state index contributed by atoms with van der Waals surface area (Å²) < 4.78 is 5.44. The number of carboxylic acid groups (broad SMARTS) is 2.